The lowest BCUT2D eigenvalue weighted by Gasteiger charge is -2.38. The number of unbranched alkanes of at least 4 members (excludes halogenated alkanes) is 3. The second-order valence-electron chi connectivity index (χ2n) is 6.65. The Bertz CT molecular complexity index is 744. The van der Waals surface area contributed by atoms with Gasteiger partial charge in [-0.3, -0.25) is 4.79 Å². The minimum atomic E-state index is -0.703. The van der Waals surface area contributed by atoms with Crippen molar-refractivity contribution in [2.24, 2.45) is 0 Å². The number of fused-ring (bicyclic) bond motifs is 1. The molecular formula is C21H26N2O2. The lowest BCUT2D eigenvalue weighted by atomic mass is 9.95. The molecular weight excluding hydrogens is 312 g/mol. The van der Waals surface area contributed by atoms with E-state index in [1.807, 2.05) is 55.5 Å². The number of para-hydroxylation sites is 2. The molecule has 0 spiro atoms. The summed E-state index contributed by atoms with van der Waals surface area (Å²) in [6.07, 6.45) is 4.67. The Kier molecular flexibility index (Phi) is 5.27. The van der Waals surface area contributed by atoms with Crippen molar-refractivity contribution in [1.29, 1.82) is 0 Å². The fourth-order valence-electron chi connectivity index (χ4n) is 3.24. The molecule has 0 radical (unpaired) electrons. The largest absolute Gasteiger partial charge is 0.493 e. The van der Waals surface area contributed by atoms with Crippen LogP contribution in [0, 0.1) is 0 Å². The number of nitrogens with one attached hydrogen (secondary N) is 2. The highest BCUT2D eigenvalue weighted by Crippen LogP contribution is 2.35. The minimum Gasteiger partial charge on any atom is -0.493 e. The molecule has 0 saturated heterocycles. The standard InChI is InChI=1S/C21H26N2O2/c1-3-4-5-10-15-25-19-14-9-7-12-17(19)21(2)22-18-13-8-6-11-16(18)20(24)23-21/h6-9,11-14,22H,3-5,10,15H2,1-2H3,(H,23,24). The summed E-state index contributed by atoms with van der Waals surface area (Å²) in [6.45, 7) is 4.87. The highest BCUT2D eigenvalue weighted by molar-refractivity contribution is 6.02. The third kappa shape index (κ3) is 3.78. The van der Waals surface area contributed by atoms with Crippen LogP contribution in [0.5, 0.6) is 5.75 Å². The van der Waals surface area contributed by atoms with Gasteiger partial charge in [0.15, 0.2) is 0 Å². The monoisotopic (exact) mass is 338 g/mol. The molecule has 0 aromatic heterocycles. The molecule has 1 unspecified atom stereocenters. The molecule has 4 nitrogen and oxygen atoms in total. The summed E-state index contributed by atoms with van der Waals surface area (Å²) < 4.78 is 6.03. The summed E-state index contributed by atoms with van der Waals surface area (Å²) in [6, 6.07) is 15.5. The van der Waals surface area contributed by atoms with E-state index in [0.29, 0.717) is 12.2 Å². The maximum absolute atomic E-state index is 12.5. The van der Waals surface area contributed by atoms with Gasteiger partial charge in [-0.15, -0.1) is 0 Å². The lowest BCUT2D eigenvalue weighted by Crippen LogP contribution is -2.53. The third-order valence-electron chi connectivity index (χ3n) is 4.60. The Balaban J connectivity index is 1.81. The number of ether oxygens (including phenoxy) is 1. The highest BCUT2D eigenvalue weighted by atomic mass is 16.5. The number of rotatable bonds is 7. The van der Waals surface area contributed by atoms with Crippen LogP contribution >= 0.6 is 0 Å². The van der Waals surface area contributed by atoms with Crippen LogP contribution in [0.4, 0.5) is 5.69 Å². The Morgan fingerprint density at radius 1 is 0.960 bits per heavy atom. The number of hydrogen-bond acceptors (Lipinski definition) is 3. The summed E-state index contributed by atoms with van der Waals surface area (Å²) >= 11 is 0. The zero-order valence-electron chi connectivity index (χ0n) is 15.0. The van der Waals surface area contributed by atoms with E-state index in [4.69, 9.17) is 4.74 Å². The summed E-state index contributed by atoms with van der Waals surface area (Å²) in [5, 5.41) is 6.55. The van der Waals surface area contributed by atoms with E-state index in [1.165, 1.54) is 19.3 Å². The molecule has 1 atom stereocenters. The first kappa shape index (κ1) is 17.3. The second kappa shape index (κ2) is 7.60. The quantitative estimate of drug-likeness (QED) is 0.721. The zero-order chi connectivity index (χ0) is 17.7. The van der Waals surface area contributed by atoms with E-state index in [1.54, 1.807) is 0 Å². The molecule has 0 bridgehead atoms. The van der Waals surface area contributed by atoms with Gasteiger partial charge in [-0.25, -0.2) is 0 Å². The van der Waals surface area contributed by atoms with Crippen LogP contribution in [0.15, 0.2) is 48.5 Å². The molecule has 2 aromatic carbocycles. The Hall–Kier alpha value is -2.49. The molecule has 1 aliphatic rings. The molecule has 4 heteroatoms. The van der Waals surface area contributed by atoms with Gasteiger partial charge < -0.3 is 15.4 Å². The van der Waals surface area contributed by atoms with Crippen molar-refractivity contribution in [3.63, 3.8) is 0 Å². The summed E-state index contributed by atoms with van der Waals surface area (Å²) in [7, 11) is 0. The third-order valence-corrected chi connectivity index (χ3v) is 4.60. The van der Waals surface area contributed by atoms with Crippen LogP contribution in [0.25, 0.3) is 0 Å². The van der Waals surface area contributed by atoms with Crippen LogP contribution in [-0.4, -0.2) is 12.5 Å². The van der Waals surface area contributed by atoms with E-state index in [-0.39, 0.29) is 5.91 Å². The van der Waals surface area contributed by atoms with Crippen molar-refractivity contribution in [2.45, 2.75) is 45.2 Å². The van der Waals surface area contributed by atoms with Crippen molar-refractivity contribution in [2.75, 3.05) is 11.9 Å². The van der Waals surface area contributed by atoms with E-state index in [2.05, 4.69) is 17.6 Å². The van der Waals surface area contributed by atoms with Crippen molar-refractivity contribution in [3.05, 3.63) is 59.7 Å². The molecule has 1 amide bonds. The van der Waals surface area contributed by atoms with Crippen LogP contribution in [0.2, 0.25) is 0 Å². The van der Waals surface area contributed by atoms with Crippen molar-refractivity contribution >= 4 is 11.6 Å². The van der Waals surface area contributed by atoms with E-state index in [0.717, 1.165) is 23.4 Å². The van der Waals surface area contributed by atoms with Gasteiger partial charge in [0, 0.05) is 11.3 Å². The Morgan fingerprint density at radius 2 is 1.72 bits per heavy atom. The van der Waals surface area contributed by atoms with Crippen LogP contribution in [0.3, 0.4) is 0 Å². The SMILES string of the molecule is CCCCCCOc1ccccc1C1(C)NC(=O)c2ccccc2N1. The predicted molar refractivity (Wildman–Crippen MR) is 101 cm³/mol. The first-order valence-electron chi connectivity index (χ1n) is 9.06. The van der Waals surface area contributed by atoms with Gasteiger partial charge in [0.1, 0.15) is 11.4 Å². The maximum atomic E-state index is 12.5. The first-order chi connectivity index (χ1) is 12.1. The number of anilines is 1. The van der Waals surface area contributed by atoms with Crippen LogP contribution in [-0.2, 0) is 5.66 Å². The predicted octanol–water partition coefficient (Wildman–Crippen LogP) is 4.67. The smallest absolute Gasteiger partial charge is 0.255 e. The van der Waals surface area contributed by atoms with E-state index >= 15 is 0 Å². The van der Waals surface area contributed by atoms with Gasteiger partial charge in [0.2, 0.25) is 0 Å². The number of carbonyl (C=O) groups excluding carboxylic acids is 1. The van der Waals surface area contributed by atoms with Gasteiger partial charge in [-0.1, -0.05) is 56.5 Å². The molecule has 3 rings (SSSR count). The molecule has 1 heterocycles. The zero-order valence-corrected chi connectivity index (χ0v) is 15.0. The van der Waals surface area contributed by atoms with Crippen molar-refractivity contribution < 1.29 is 9.53 Å². The molecule has 0 aliphatic carbocycles. The van der Waals surface area contributed by atoms with Gasteiger partial charge in [-0.05, 0) is 31.5 Å². The average Bonchev–Trinajstić information content (AvgIpc) is 2.62. The summed E-state index contributed by atoms with van der Waals surface area (Å²) in [5.74, 6) is 0.739. The fourth-order valence-corrected chi connectivity index (χ4v) is 3.24. The average molecular weight is 338 g/mol. The van der Waals surface area contributed by atoms with Gasteiger partial charge >= 0.3 is 0 Å². The molecule has 0 fully saturated rings. The van der Waals surface area contributed by atoms with E-state index < -0.39 is 5.66 Å². The number of hydrogen-bond donors (Lipinski definition) is 2. The molecule has 25 heavy (non-hydrogen) atoms. The molecule has 132 valence electrons. The number of carbonyl (C=O) groups is 1. The maximum Gasteiger partial charge on any atom is 0.255 e. The normalized spacial score (nSPS) is 18.9. The van der Waals surface area contributed by atoms with Gasteiger partial charge in [0.05, 0.1) is 12.2 Å². The second-order valence-corrected chi connectivity index (χ2v) is 6.65. The fraction of sp³-hybridized carbons (Fsp3) is 0.381. The van der Waals surface area contributed by atoms with Crippen LogP contribution in [0.1, 0.15) is 55.5 Å². The summed E-state index contributed by atoms with van der Waals surface area (Å²) in [4.78, 5) is 12.5. The summed E-state index contributed by atoms with van der Waals surface area (Å²) in [5.41, 5.74) is 1.74. The minimum absolute atomic E-state index is 0.0744. The first-order valence-corrected chi connectivity index (χ1v) is 9.06. The highest BCUT2D eigenvalue weighted by Gasteiger charge is 2.36. The lowest BCUT2D eigenvalue weighted by molar-refractivity contribution is 0.0905. The van der Waals surface area contributed by atoms with Crippen molar-refractivity contribution in [1.82, 2.24) is 5.32 Å². The number of amides is 1. The van der Waals surface area contributed by atoms with Gasteiger partial charge in [0.25, 0.3) is 5.91 Å². The van der Waals surface area contributed by atoms with Gasteiger partial charge in [-0.2, -0.15) is 0 Å². The molecule has 2 N–H and O–H groups in total. The van der Waals surface area contributed by atoms with E-state index in [9.17, 15) is 4.79 Å². The Labute approximate surface area is 149 Å². The number of benzene rings is 2. The topological polar surface area (TPSA) is 50.4 Å². The molecule has 2 aromatic rings. The van der Waals surface area contributed by atoms with Crippen LogP contribution < -0.4 is 15.4 Å². The van der Waals surface area contributed by atoms with Crippen molar-refractivity contribution in [3.8, 4) is 5.75 Å². The molecule has 1 aliphatic heterocycles. The Morgan fingerprint density at radius 3 is 2.56 bits per heavy atom. The molecule has 0 saturated carbocycles.